The predicted molar refractivity (Wildman–Crippen MR) is 220 cm³/mol. The Kier molecular flexibility index (Phi) is 9.61. The van der Waals surface area contributed by atoms with Gasteiger partial charge in [0.2, 0.25) is 0 Å². The van der Waals surface area contributed by atoms with E-state index in [1.54, 1.807) is 10.0 Å². The summed E-state index contributed by atoms with van der Waals surface area (Å²) in [5.41, 5.74) is 9.64. The molecule has 2 heterocycles. The molecule has 5 aromatic carbocycles. The zero-order valence-corrected chi connectivity index (χ0v) is 30.2. The molecular weight excluding hydrogens is 700 g/mol. The normalized spacial score (nSPS) is 16.3. The van der Waals surface area contributed by atoms with Crippen molar-refractivity contribution in [2.75, 3.05) is 20.7 Å². The van der Waals surface area contributed by atoms with E-state index in [1.807, 2.05) is 147 Å². The third-order valence-corrected chi connectivity index (χ3v) is 9.72. The van der Waals surface area contributed by atoms with Crippen molar-refractivity contribution >= 4 is 103 Å². The Morgan fingerprint density at radius 1 is 0.520 bits per heavy atom. The molecule has 0 saturated carbocycles. The van der Waals surface area contributed by atoms with Crippen LogP contribution < -0.4 is 20.7 Å². The van der Waals surface area contributed by atoms with E-state index in [0.717, 1.165) is 56.5 Å². The fraction of sp³-hybridized carbons (Fsp3) is 0.0500. The highest BCUT2D eigenvalue weighted by atomic mass is 35.5. The standard InChI is InChI=1S/C40H30Cl2N6S2/c1-25-35(39(49)47(45-25)29-19-11-5-12-20-29)37(27-15-7-3-8-16-27)43-33-23-31(41)32(42)24-34(33)44-38(28-17-9-4-10-18-28)36-26(2)46-48(40(36)50)30-21-13-6-14-22-30/h3-24,43-44H,1-2H3/b37-35-,38-36-. The quantitative estimate of drug-likeness (QED) is 0.123. The summed E-state index contributed by atoms with van der Waals surface area (Å²) in [4.78, 5) is 1.15. The van der Waals surface area contributed by atoms with Crippen molar-refractivity contribution in [3.8, 4) is 0 Å². The molecule has 50 heavy (non-hydrogen) atoms. The van der Waals surface area contributed by atoms with Gasteiger partial charge < -0.3 is 10.6 Å². The van der Waals surface area contributed by atoms with Crippen LogP contribution in [0.5, 0.6) is 0 Å². The maximum Gasteiger partial charge on any atom is 0.139 e. The minimum atomic E-state index is 0.390. The van der Waals surface area contributed by atoms with Crippen LogP contribution in [0.1, 0.15) is 25.0 Å². The van der Waals surface area contributed by atoms with Crippen molar-refractivity contribution in [1.29, 1.82) is 0 Å². The zero-order valence-electron chi connectivity index (χ0n) is 27.1. The Labute approximate surface area is 312 Å². The number of hydrogen-bond donors (Lipinski definition) is 2. The lowest BCUT2D eigenvalue weighted by atomic mass is 10.0. The van der Waals surface area contributed by atoms with Gasteiger partial charge in [-0.15, -0.1) is 0 Å². The first-order chi connectivity index (χ1) is 24.3. The summed E-state index contributed by atoms with van der Waals surface area (Å²) in [5.74, 6) is 0. The summed E-state index contributed by atoms with van der Waals surface area (Å²) >= 11 is 25.6. The third kappa shape index (κ3) is 6.58. The highest BCUT2D eigenvalue weighted by Gasteiger charge is 2.31. The van der Waals surface area contributed by atoms with Gasteiger partial charge in [0.1, 0.15) is 9.98 Å². The van der Waals surface area contributed by atoms with Crippen molar-refractivity contribution in [3.05, 3.63) is 166 Å². The summed E-state index contributed by atoms with van der Waals surface area (Å²) in [7, 11) is 0. The molecule has 6 nitrogen and oxygen atoms in total. The largest absolute Gasteiger partial charge is 0.353 e. The van der Waals surface area contributed by atoms with Crippen LogP contribution in [-0.2, 0) is 0 Å². The van der Waals surface area contributed by atoms with Crippen LogP contribution in [0.3, 0.4) is 0 Å². The average molecular weight is 730 g/mol. The molecule has 246 valence electrons. The summed E-state index contributed by atoms with van der Waals surface area (Å²) in [6.45, 7) is 3.92. The van der Waals surface area contributed by atoms with Crippen molar-refractivity contribution in [2.45, 2.75) is 13.8 Å². The molecule has 0 spiro atoms. The minimum Gasteiger partial charge on any atom is -0.353 e. The summed E-state index contributed by atoms with van der Waals surface area (Å²) in [6, 6.07) is 43.4. The number of hydrogen-bond acceptors (Lipinski definition) is 6. The van der Waals surface area contributed by atoms with E-state index in [2.05, 4.69) is 10.6 Å². The first kappa shape index (κ1) is 33.4. The van der Waals surface area contributed by atoms with E-state index in [-0.39, 0.29) is 0 Å². The van der Waals surface area contributed by atoms with E-state index < -0.39 is 0 Å². The average Bonchev–Trinajstić information content (AvgIpc) is 3.61. The topological polar surface area (TPSA) is 55.3 Å². The fourth-order valence-electron chi connectivity index (χ4n) is 5.87. The molecular formula is C40H30Cl2N6S2. The predicted octanol–water partition coefficient (Wildman–Crippen LogP) is 11.1. The summed E-state index contributed by atoms with van der Waals surface area (Å²) < 4.78 is 0. The Hall–Kier alpha value is -5.12. The second-order valence-electron chi connectivity index (χ2n) is 11.6. The van der Waals surface area contributed by atoms with Crippen molar-refractivity contribution < 1.29 is 0 Å². The molecule has 0 fully saturated rings. The maximum atomic E-state index is 6.72. The van der Waals surface area contributed by atoms with Crippen LogP contribution in [0.15, 0.2) is 155 Å². The summed E-state index contributed by atoms with van der Waals surface area (Å²) in [6.07, 6.45) is 0. The lowest BCUT2D eigenvalue weighted by molar-refractivity contribution is 1.17. The number of halogens is 2. The second-order valence-corrected chi connectivity index (χ2v) is 13.2. The highest BCUT2D eigenvalue weighted by molar-refractivity contribution is 7.81. The number of thiocarbonyl (C=S) groups is 2. The van der Waals surface area contributed by atoms with Crippen LogP contribution >= 0.6 is 47.6 Å². The van der Waals surface area contributed by atoms with Gasteiger partial charge in [0.15, 0.2) is 0 Å². The Morgan fingerprint density at radius 3 is 1.18 bits per heavy atom. The maximum absolute atomic E-state index is 6.72. The van der Waals surface area contributed by atoms with Gasteiger partial charge in [0.05, 0.1) is 66.8 Å². The summed E-state index contributed by atoms with van der Waals surface area (Å²) in [5, 5.41) is 21.5. The van der Waals surface area contributed by atoms with Gasteiger partial charge in [0, 0.05) is 0 Å². The van der Waals surface area contributed by atoms with Crippen molar-refractivity contribution in [1.82, 2.24) is 0 Å². The fourth-order valence-corrected chi connectivity index (χ4v) is 6.99. The highest BCUT2D eigenvalue weighted by Crippen LogP contribution is 2.40. The van der Waals surface area contributed by atoms with E-state index in [9.17, 15) is 0 Å². The molecule has 0 radical (unpaired) electrons. The Morgan fingerprint density at radius 2 is 0.840 bits per heavy atom. The molecule has 0 amide bonds. The SMILES string of the molecule is CC1=NN(c2ccccc2)C(=S)/C1=C(\Nc1cc(Cl)c(Cl)cc1N/C(=C1\C(=S)N(c2ccccc2)N=C1C)c1ccccc1)c1ccccc1. The van der Waals surface area contributed by atoms with Crippen LogP contribution in [0.2, 0.25) is 10.0 Å². The van der Waals surface area contributed by atoms with Crippen LogP contribution in [0.25, 0.3) is 11.4 Å². The number of anilines is 4. The van der Waals surface area contributed by atoms with Gasteiger partial charge in [-0.05, 0) is 61.4 Å². The van der Waals surface area contributed by atoms with Gasteiger partial charge in [0.25, 0.3) is 0 Å². The number of hydrazone groups is 2. The lowest BCUT2D eigenvalue weighted by Crippen LogP contribution is -2.22. The zero-order chi connectivity index (χ0) is 34.8. The first-order valence-electron chi connectivity index (χ1n) is 15.8. The minimum absolute atomic E-state index is 0.390. The smallest absolute Gasteiger partial charge is 0.139 e. The van der Waals surface area contributed by atoms with Gasteiger partial charge in [-0.2, -0.15) is 10.2 Å². The third-order valence-electron chi connectivity index (χ3n) is 8.24. The van der Waals surface area contributed by atoms with E-state index in [1.165, 1.54) is 0 Å². The molecule has 0 unspecified atom stereocenters. The Balaban J connectivity index is 1.36. The Bertz CT molecular complexity index is 2080. The number of nitrogens with zero attached hydrogens (tertiary/aromatic N) is 4. The van der Waals surface area contributed by atoms with Crippen molar-refractivity contribution in [2.24, 2.45) is 10.2 Å². The van der Waals surface area contributed by atoms with Gasteiger partial charge in [-0.1, -0.05) is 145 Å². The molecule has 2 N–H and O–H groups in total. The number of rotatable bonds is 8. The van der Waals surface area contributed by atoms with E-state index >= 15 is 0 Å². The lowest BCUT2D eigenvalue weighted by Gasteiger charge is -2.22. The molecule has 0 bridgehead atoms. The van der Waals surface area contributed by atoms with Crippen LogP contribution in [0, 0.1) is 0 Å². The van der Waals surface area contributed by atoms with E-state index in [0.29, 0.717) is 31.4 Å². The number of benzene rings is 5. The van der Waals surface area contributed by atoms with Crippen molar-refractivity contribution in [3.63, 3.8) is 0 Å². The molecule has 7 rings (SSSR count). The van der Waals surface area contributed by atoms with Crippen LogP contribution in [-0.4, -0.2) is 21.4 Å². The molecule has 5 aromatic rings. The molecule has 0 aromatic heterocycles. The number of nitrogens with one attached hydrogen (secondary N) is 2. The van der Waals surface area contributed by atoms with Gasteiger partial charge >= 0.3 is 0 Å². The van der Waals surface area contributed by atoms with E-state index in [4.69, 9.17) is 57.8 Å². The molecule has 2 aliphatic rings. The molecule has 0 atom stereocenters. The van der Waals surface area contributed by atoms with Gasteiger partial charge in [-0.3, -0.25) is 0 Å². The molecule has 0 saturated heterocycles. The molecule has 2 aliphatic heterocycles. The first-order valence-corrected chi connectivity index (χ1v) is 17.4. The number of para-hydroxylation sites is 2. The monoisotopic (exact) mass is 728 g/mol. The second kappa shape index (κ2) is 14.4. The van der Waals surface area contributed by atoms with Gasteiger partial charge in [-0.25, -0.2) is 10.0 Å². The van der Waals surface area contributed by atoms with Crippen LogP contribution in [0.4, 0.5) is 22.7 Å². The molecule has 0 aliphatic carbocycles. The molecule has 10 heteroatoms.